The Hall–Kier alpha value is -0.300. The predicted octanol–water partition coefficient (Wildman–Crippen LogP) is 3.22. The summed E-state index contributed by atoms with van der Waals surface area (Å²) in [6.45, 7) is 2.73. The third-order valence-corrected chi connectivity index (χ3v) is 3.16. The van der Waals surface area contributed by atoms with Gasteiger partial charge < -0.3 is 4.90 Å². The van der Waals surface area contributed by atoms with Crippen molar-refractivity contribution in [2.75, 3.05) is 13.1 Å². The first kappa shape index (κ1) is 10.8. The maximum absolute atomic E-state index is 2.70. The van der Waals surface area contributed by atoms with E-state index in [1.807, 2.05) is 0 Å². The molecule has 13 heavy (non-hydrogen) atoms. The standard InChI is InChI=1S/C11H19N.CH4/c1-2-4-8-11(7-3-1)12-9-5-6-10-12;/h1-2,11H,3-10H2;1H4. The van der Waals surface area contributed by atoms with Crippen LogP contribution in [0.5, 0.6) is 0 Å². The summed E-state index contributed by atoms with van der Waals surface area (Å²) < 4.78 is 0. The van der Waals surface area contributed by atoms with Crippen molar-refractivity contribution in [1.82, 2.24) is 4.90 Å². The highest BCUT2D eigenvalue weighted by molar-refractivity contribution is 4.90. The van der Waals surface area contributed by atoms with E-state index in [1.54, 1.807) is 0 Å². The minimum atomic E-state index is 0. The molecule has 1 aliphatic heterocycles. The van der Waals surface area contributed by atoms with Crippen LogP contribution in [-0.4, -0.2) is 24.0 Å². The van der Waals surface area contributed by atoms with E-state index in [1.165, 1.54) is 51.6 Å². The van der Waals surface area contributed by atoms with Crippen LogP contribution in [-0.2, 0) is 0 Å². The van der Waals surface area contributed by atoms with Gasteiger partial charge in [0.2, 0.25) is 0 Å². The third-order valence-electron chi connectivity index (χ3n) is 3.16. The largest absolute Gasteiger partial charge is 0.300 e. The molecule has 1 fully saturated rings. The van der Waals surface area contributed by atoms with Crippen molar-refractivity contribution in [2.45, 2.75) is 52.0 Å². The Bertz CT molecular complexity index is 147. The molecule has 1 heteroatoms. The molecule has 2 aliphatic rings. The zero-order valence-corrected chi connectivity index (χ0v) is 7.84. The van der Waals surface area contributed by atoms with E-state index in [0.29, 0.717) is 0 Å². The maximum Gasteiger partial charge on any atom is 0.0101 e. The second-order valence-corrected chi connectivity index (χ2v) is 4.02. The second kappa shape index (κ2) is 5.43. The van der Waals surface area contributed by atoms with E-state index in [4.69, 9.17) is 0 Å². The van der Waals surface area contributed by atoms with Crippen molar-refractivity contribution in [1.29, 1.82) is 0 Å². The molecule has 1 nitrogen and oxygen atoms in total. The van der Waals surface area contributed by atoms with E-state index < -0.39 is 0 Å². The SMILES string of the molecule is C.C1=CCCC(N2CCCC2)CC1. The molecule has 0 aromatic heterocycles. The van der Waals surface area contributed by atoms with Crippen LogP contribution in [0, 0.1) is 0 Å². The summed E-state index contributed by atoms with van der Waals surface area (Å²) in [5, 5.41) is 0. The molecule has 1 heterocycles. The Balaban J connectivity index is 0.000000845. The molecule has 0 bridgehead atoms. The normalized spacial score (nSPS) is 25.5. The molecule has 0 spiro atoms. The van der Waals surface area contributed by atoms with Gasteiger partial charge in [-0.25, -0.2) is 0 Å². The molecule has 1 saturated heterocycles. The zero-order chi connectivity index (χ0) is 8.23. The van der Waals surface area contributed by atoms with Crippen LogP contribution in [0.4, 0.5) is 0 Å². The minimum absolute atomic E-state index is 0. The molecular weight excluding hydrogens is 158 g/mol. The second-order valence-electron chi connectivity index (χ2n) is 4.02. The van der Waals surface area contributed by atoms with E-state index >= 15 is 0 Å². The lowest BCUT2D eigenvalue weighted by Crippen LogP contribution is -2.32. The Labute approximate surface area is 82.8 Å². The van der Waals surface area contributed by atoms with Crippen LogP contribution < -0.4 is 0 Å². The number of nitrogens with zero attached hydrogens (tertiary/aromatic N) is 1. The molecule has 0 unspecified atom stereocenters. The Morgan fingerprint density at radius 3 is 2.00 bits per heavy atom. The first-order chi connectivity index (χ1) is 5.97. The van der Waals surface area contributed by atoms with Gasteiger partial charge in [-0.1, -0.05) is 19.6 Å². The molecule has 0 radical (unpaired) electrons. The summed E-state index contributed by atoms with van der Waals surface area (Å²) in [6, 6.07) is 0.905. The fourth-order valence-electron chi connectivity index (χ4n) is 2.43. The monoisotopic (exact) mass is 181 g/mol. The van der Waals surface area contributed by atoms with Crippen LogP contribution in [0.2, 0.25) is 0 Å². The van der Waals surface area contributed by atoms with E-state index in [9.17, 15) is 0 Å². The fraction of sp³-hybridized carbons (Fsp3) is 0.833. The average Bonchev–Trinajstić information content (AvgIpc) is 2.48. The Kier molecular flexibility index (Phi) is 4.51. The predicted molar refractivity (Wildman–Crippen MR) is 58.9 cm³/mol. The third kappa shape index (κ3) is 2.84. The smallest absolute Gasteiger partial charge is 0.0101 e. The number of hydrogen-bond donors (Lipinski definition) is 0. The van der Waals surface area contributed by atoms with Crippen LogP contribution in [0.3, 0.4) is 0 Å². The van der Waals surface area contributed by atoms with Gasteiger partial charge in [0, 0.05) is 6.04 Å². The molecule has 0 N–H and O–H groups in total. The molecule has 0 aromatic carbocycles. The lowest BCUT2D eigenvalue weighted by Gasteiger charge is -2.25. The Morgan fingerprint density at radius 2 is 1.46 bits per heavy atom. The molecule has 1 aliphatic carbocycles. The highest BCUT2D eigenvalue weighted by Gasteiger charge is 2.21. The van der Waals surface area contributed by atoms with Gasteiger partial charge in [-0.2, -0.15) is 0 Å². The summed E-state index contributed by atoms with van der Waals surface area (Å²) in [6.07, 6.45) is 13.0. The number of rotatable bonds is 1. The van der Waals surface area contributed by atoms with Gasteiger partial charge in [0.15, 0.2) is 0 Å². The highest BCUT2D eigenvalue weighted by Crippen LogP contribution is 2.21. The van der Waals surface area contributed by atoms with Gasteiger partial charge in [-0.3, -0.25) is 0 Å². The van der Waals surface area contributed by atoms with Crippen molar-refractivity contribution < 1.29 is 0 Å². The minimum Gasteiger partial charge on any atom is -0.300 e. The molecule has 76 valence electrons. The highest BCUT2D eigenvalue weighted by atomic mass is 15.2. The molecule has 2 rings (SSSR count). The van der Waals surface area contributed by atoms with E-state index in [2.05, 4.69) is 17.1 Å². The van der Waals surface area contributed by atoms with Gasteiger partial charge in [0.1, 0.15) is 0 Å². The van der Waals surface area contributed by atoms with Gasteiger partial charge in [-0.15, -0.1) is 0 Å². The van der Waals surface area contributed by atoms with Crippen molar-refractivity contribution in [3.63, 3.8) is 0 Å². The van der Waals surface area contributed by atoms with Crippen LogP contribution >= 0.6 is 0 Å². The van der Waals surface area contributed by atoms with Crippen molar-refractivity contribution in [2.24, 2.45) is 0 Å². The number of likely N-dealkylation sites (tertiary alicyclic amines) is 1. The molecule has 0 atom stereocenters. The summed E-state index contributed by atoms with van der Waals surface area (Å²) in [4.78, 5) is 2.70. The fourth-order valence-corrected chi connectivity index (χ4v) is 2.43. The van der Waals surface area contributed by atoms with Gasteiger partial charge in [0.25, 0.3) is 0 Å². The summed E-state index contributed by atoms with van der Waals surface area (Å²) in [5.41, 5.74) is 0. The van der Waals surface area contributed by atoms with E-state index in [0.717, 1.165) is 6.04 Å². The van der Waals surface area contributed by atoms with Gasteiger partial charge in [0.05, 0.1) is 0 Å². The van der Waals surface area contributed by atoms with E-state index in [-0.39, 0.29) is 7.43 Å². The number of hydrogen-bond acceptors (Lipinski definition) is 1. The quantitative estimate of drug-likeness (QED) is 0.561. The van der Waals surface area contributed by atoms with Crippen molar-refractivity contribution in [3.05, 3.63) is 12.2 Å². The Morgan fingerprint density at radius 1 is 0.923 bits per heavy atom. The lowest BCUT2D eigenvalue weighted by molar-refractivity contribution is 0.223. The first-order valence-electron chi connectivity index (χ1n) is 5.36. The average molecular weight is 181 g/mol. The summed E-state index contributed by atoms with van der Waals surface area (Å²) >= 11 is 0. The van der Waals surface area contributed by atoms with Crippen LogP contribution in [0.15, 0.2) is 12.2 Å². The number of allylic oxidation sites excluding steroid dienone is 2. The zero-order valence-electron chi connectivity index (χ0n) is 7.84. The van der Waals surface area contributed by atoms with Crippen LogP contribution in [0.1, 0.15) is 46.0 Å². The first-order valence-corrected chi connectivity index (χ1v) is 5.36. The van der Waals surface area contributed by atoms with Gasteiger partial charge >= 0.3 is 0 Å². The lowest BCUT2D eigenvalue weighted by atomic mass is 10.1. The van der Waals surface area contributed by atoms with Crippen molar-refractivity contribution >= 4 is 0 Å². The van der Waals surface area contributed by atoms with Crippen LogP contribution in [0.25, 0.3) is 0 Å². The van der Waals surface area contributed by atoms with Gasteiger partial charge in [-0.05, 0) is 51.6 Å². The maximum atomic E-state index is 2.70. The van der Waals surface area contributed by atoms with Crippen molar-refractivity contribution in [3.8, 4) is 0 Å². The topological polar surface area (TPSA) is 3.24 Å². The molecule has 0 aromatic rings. The molecular formula is C12H23N. The molecule has 0 saturated carbocycles. The summed E-state index contributed by atoms with van der Waals surface area (Å²) in [7, 11) is 0. The molecule has 0 amide bonds. The summed E-state index contributed by atoms with van der Waals surface area (Å²) in [5.74, 6) is 0.